The van der Waals surface area contributed by atoms with E-state index in [2.05, 4.69) is 16.0 Å². The minimum absolute atomic E-state index is 0.133. The molecule has 0 radical (unpaired) electrons. The third-order valence-electron chi connectivity index (χ3n) is 5.80. The van der Waals surface area contributed by atoms with Gasteiger partial charge < -0.3 is 30.5 Å². The molecule has 3 rings (SSSR count). The minimum Gasteiger partial charge on any atom is -0.505 e. The van der Waals surface area contributed by atoms with Crippen LogP contribution in [0.3, 0.4) is 0 Å². The van der Waals surface area contributed by atoms with Crippen LogP contribution < -0.4 is 20.7 Å². The molecule has 1 aliphatic heterocycles. The number of nitrogens with one attached hydrogen (secondary N) is 3. The van der Waals surface area contributed by atoms with Gasteiger partial charge in [0.15, 0.2) is 11.5 Å². The molecule has 194 valence electrons. The SMILES string of the molecule is CCOC(=O)[C@H](Cc1ccccc1)NC(=O)c1cc(Cl)c(OC(=O)C(C)C2CNCCN2)c(Cl)c1O. The zero-order chi connectivity index (χ0) is 26.2. The molecule has 2 unspecified atom stereocenters. The predicted molar refractivity (Wildman–Crippen MR) is 136 cm³/mol. The van der Waals surface area contributed by atoms with Gasteiger partial charge in [0.05, 0.1) is 23.1 Å². The summed E-state index contributed by atoms with van der Waals surface area (Å²) in [6, 6.07) is 9.05. The molecule has 9 nitrogen and oxygen atoms in total. The van der Waals surface area contributed by atoms with Gasteiger partial charge in [0, 0.05) is 32.1 Å². The van der Waals surface area contributed by atoms with Crippen LogP contribution in [0.2, 0.25) is 10.0 Å². The number of phenolic OH excluding ortho intramolecular Hbond substituents is 1. The molecule has 1 amide bonds. The first kappa shape index (κ1) is 27.7. The maximum atomic E-state index is 13.0. The average Bonchev–Trinajstić information content (AvgIpc) is 2.88. The summed E-state index contributed by atoms with van der Waals surface area (Å²) in [5.74, 6) is -3.43. The molecule has 1 fully saturated rings. The summed E-state index contributed by atoms with van der Waals surface area (Å²) in [5, 5.41) is 19.1. The van der Waals surface area contributed by atoms with Gasteiger partial charge in [-0.1, -0.05) is 60.5 Å². The zero-order valence-corrected chi connectivity index (χ0v) is 21.5. The molecule has 4 N–H and O–H groups in total. The number of hydrogen-bond donors (Lipinski definition) is 4. The van der Waals surface area contributed by atoms with Gasteiger partial charge in [-0.25, -0.2) is 4.79 Å². The smallest absolute Gasteiger partial charge is 0.328 e. The predicted octanol–water partition coefficient (Wildman–Crippen LogP) is 2.71. The number of halogens is 2. The van der Waals surface area contributed by atoms with Crippen LogP contribution >= 0.6 is 23.2 Å². The van der Waals surface area contributed by atoms with Crippen LogP contribution in [-0.4, -0.2) is 61.3 Å². The number of rotatable bonds is 9. The Kier molecular flexibility index (Phi) is 9.95. The summed E-state index contributed by atoms with van der Waals surface area (Å²) in [5.41, 5.74) is 0.522. The second kappa shape index (κ2) is 12.9. The van der Waals surface area contributed by atoms with E-state index in [0.717, 1.165) is 18.2 Å². The third-order valence-corrected chi connectivity index (χ3v) is 6.44. The van der Waals surface area contributed by atoms with E-state index in [1.165, 1.54) is 0 Å². The van der Waals surface area contributed by atoms with Crippen LogP contribution in [-0.2, 0) is 20.7 Å². The van der Waals surface area contributed by atoms with E-state index in [1.807, 2.05) is 30.3 Å². The third kappa shape index (κ3) is 6.88. The Morgan fingerprint density at radius 1 is 1.17 bits per heavy atom. The molecule has 1 saturated heterocycles. The van der Waals surface area contributed by atoms with Gasteiger partial charge in [0.1, 0.15) is 11.1 Å². The molecule has 3 atom stereocenters. The van der Waals surface area contributed by atoms with Crippen molar-refractivity contribution in [3.8, 4) is 11.5 Å². The maximum absolute atomic E-state index is 13.0. The number of carbonyl (C=O) groups excluding carboxylic acids is 3. The topological polar surface area (TPSA) is 126 Å². The van der Waals surface area contributed by atoms with Gasteiger partial charge in [-0.15, -0.1) is 0 Å². The van der Waals surface area contributed by atoms with Crippen molar-refractivity contribution in [1.82, 2.24) is 16.0 Å². The number of aromatic hydroxyl groups is 1. The Morgan fingerprint density at radius 2 is 1.89 bits per heavy atom. The Balaban J connectivity index is 1.78. The molecule has 1 heterocycles. The van der Waals surface area contributed by atoms with Crippen molar-refractivity contribution in [2.75, 3.05) is 26.2 Å². The first-order valence-electron chi connectivity index (χ1n) is 11.6. The summed E-state index contributed by atoms with van der Waals surface area (Å²) in [7, 11) is 0. The normalized spacial score (nSPS) is 17.1. The molecule has 0 aromatic heterocycles. The number of hydrogen-bond acceptors (Lipinski definition) is 8. The van der Waals surface area contributed by atoms with E-state index >= 15 is 0 Å². The number of phenols is 1. The van der Waals surface area contributed by atoms with Crippen LogP contribution in [0.5, 0.6) is 11.5 Å². The molecule has 2 aromatic rings. The summed E-state index contributed by atoms with van der Waals surface area (Å²) in [4.78, 5) is 38.2. The number of ether oxygens (including phenoxy) is 2. The van der Waals surface area contributed by atoms with Gasteiger partial charge in [-0.2, -0.15) is 0 Å². The molecule has 0 aliphatic carbocycles. The monoisotopic (exact) mass is 537 g/mol. The average molecular weight is 538 g/mol. The van der Waals surface area contributed by atoms with Gasteiger partial charge in [-0.3, -0.25) is 9.59 Å². The molecule has 0 spiro atoms. The van der Waals surface area contributed by atoms with E-state index in [4.69, 9.17) is 32.7 Å². The Bertz CT molecular complexity index is 1090. The largest absolute Gasteiger partial charge is 0.505 e. The Morgan fingerprint density at radius 3 is 2.53 bits per heavy atom. The van der Waals surface area contributed by atoms with Crippen molar-refractivity contribution >= 4 is 41.0 Å². The number of amides is 1. The summed E-state index contributed by atoms with van der Waals surface area (Å²) in [6.45, 7) is 5.60. The fraction of sp³-hybridized carbons (Fsp3) is 0.400. The Hall–Kier alpha value is -2.85. The molecule has 36 heavy (non-hydrogen) atoms. The molecule has 2 aromatic carbocycles. The van der Waals surface area contributed by atoms with Gasteiger partial charge >= 0.3 is 11.9 Å². The molecular formula is C25H29Cl2N3O6. The highest BCUT2D eigenvalue weighted by Crippen LogP contribution is 2.42. The fourth-order valence-electron chi connectivity index (χ4n) is 3.77. The van der Waals surface area contributed by atoms with E-state index in [-0.39, 0.29) is 35.4 Å². The molecule has 0 saturated carbocycles. The standard InChI is InChI=1S/C25H29Cl2N3O6/c1-3-35-25(34)18(11-15-7-5-4-6-8-15)30-23(32)16-12-17(26)22(20(27)21(16)31)36-24(33)14(2)19-13-28-9-10-29-19/h4-8,12,14,18-19,28-29,31H,3,9-11,13H2,1-2H3,(H,30,32)/t14?,18-,19?/m0/s1. The molecular weight excluding hydrogens is 509 g/mol. The first-order chi connectivity index (χ1) is 17.2. The van der Waals surface area contributed by atoms with Crippen molar-refractivity contribution in [2.45, 2.75) is 32.4 Å². The van der Waals surface area contributed by atoms with Crippen LogP contribution in [0, 0.1) is 5.92 Å². The summed E-state index contributed by atoms with van der Waals surface area (Å²) < 4.78 is 10.5. The highest BCUT2D eigenvalue weighted by Gasteiger charge is 2.31. The van der Waals surface area contributed by atoms with E-state index in [0.29, 0.717) is 13.1 Å². The summed E-state index contributed by atoms with van der Waals surface area (Å²) in [6.07, 6.45) is 0.172. The lowest BCUT2D eigenvalue weighted by Gasteiger charge is -2.28. The van der Waals surface area contributed by atoms with Crippen LogP contribution in [0.1, 0.15) is 29.8 Å². The molecule has 11 heteroatoms. The number of esters is 2. The quantitative estimate of drug-likeness (QED) is 0.284. The van der Waals surface area contributed by atoms with Gasteiger partial charge in [0.2, 0.25) is 0 Å². The van der Waals surface area contributed by atoms with Gasteiger partial charge in [-0.05, 0) is 18.6 Å². The molecule has 0 bridgehead atoms. The van der Waals surface area contributed by atoms with E-state index in [1.54, 1.807) is 13.8 Å². The summed E-state index contributed by atoms with van der Waals surface area (Å²) >= 11 is 12.5. The second-order valence-electron chi connectivity index (χ2n) is 8.34. The van der Waals surface area contributed by atoms with Gasteiger partial charge in [0.25, 0.3) is 5.91 Å². The maximum Gasteiger partial charge on any atom is 0.328 e. The number of piperazine rings is 1. The van der Waals surface area contributed by atoms with E-state index < -0.39 is 40.6 Å². The Labute approximate surface area is 219 Å². The van der Waals surface area contributed by atoms with Crippen molar-refractivity contribution in [3.63, 3.8) is 0 Å². The first-order valence-corrected chi connectivity index (χ1v) is 12.4. The van der Waals surface area contributed by atoms with E-state index in [9.17, 15) is 19.5 Å². The minimum atomic E-state index is -1.02. The molecule has 1 aliphatic rings. The lowest BCUT2D eigenvalue weighted by molar-refractivity contribution is -0.145. The van der Waals surface area contributed by atoms with Crippen molar-refractivity contribution < 1.29 is 29.0 Å². The lowest BCUT2D eigenvalue weighted by atomic mass is 10.0. The van der Waals surface area contributed by atoms with Crippen LogP contribution in [0.25, 0.3) is 0 Å². The second-order valence-corrected chi connectivity index (χ2v) is 9.13. The van der Waals surface area contributed by atoms with Crippen molar-refractivity contribution in [3.05, 3.63) is 57.6 Å². The lowest BCUT2D eigenvalue weighted by Crippen LogP contribution is -2.53. The van der Waals surface area contributed by atoms with Crippen molar-refractivity contribution in [2.24, 2.45) is 5.92 Å². The van der Waals surface area contributed by atoms with Crippen LogP contribution in [0.15, 0.2) is 36.4 Å². The number of carbonyl (C=O) groups is 3. The fourth-order valence-corrected chi connectivity index (χ4v) is 4.30. The highest BCUT2D eigenvalue weighted by atomic mass is 35.5. The highest BCUT2D eigenvalue weighted by molar-refractivity contribution is 6.39. The van der Waals surface area contributed by atoms with Crippen molar-refractivity contribution in [1.29, 1.82) is 0 Å². The zero-order valence-electron chi connectivity index (χ0n) is 20.0. The van der Waals surface area contributed by atoms with Crippen LogP contribution in [0.4, 0.5) is 0 Å². The number of benzene rings is 2.